The molecule has 3 heteroatoms. The number of hydrogen-bond donors (Lipinski definition) is 1. The topological polar surface area (TPSA) is 15.3 Å². The van der Waals surface area contributed by atoms with Gasteiger partial charge < -0.3 is 4.57 Å². The molecule has 0 saturated carbocycles. The molecule has 0 aromatic carbocycles. The van der Waals surface area contributed by atoms with E-state index in [1.807, 2.05) is 0 Å². The van der Waals surface area contributed by atoms with Crippen LogP contribution >= 0.6 is 0 Å². The summed E-state index contributed by atoms with van der Waals surface area (Å²) in [6, 6.07) is 0. The van der Waals surface area contributed by atoms with E-state index in [2.05, 4.69) is 28.7 Å². The van der Waals surface area contributed by atoms with Crippen molar-refractivity contribution < 1.29 is 0 Å². The maximum atomic E-state index is 3.23. The molecule has 0 atom stereocenters. The van der Waals surface area contributed by atoms with E-state index in [0.29, 0.717) is 0 Å². The summed E-state index contributed by atoms with van der Waals surface area (Å²) in [7, 11) is 0.891. The van der Waals surface area contributed by atoms with Crippen molar-refractivity contribution in [2.24, 2.45) is 0 Å². The Bertz CT molecular complexity index is 92.4. The first-order chi connectivity index (χ1) is 3.93. The van der Waals surface area contributed by atoms with Crippen LogP contribution in [0.5, 0.6) is 0 Å². The average Bonchev–Trinajstić information content (AvgIpc) is 1.90. The van der Waals surface area contributed by atoms with E-state index in [1.165, 1.54) is 0 Å². The maximum absolute atomic E-state index is 3.23. The Hall–Kier alpha value is -0.283. The first-order valence-corrected chi connectivity index (χ1v) is 4.19. The maximum Gasteiger partial charge on any atom is 0.178 e. The van der Waals surface area contributed by atoms with Gasteiger partial charge in [-0.3, -0.25) is 5.32 Å². The van der Waals surface area contributed by atoms with Crippen molar-refractivity contribution in [1.29, 1.82) is 0 Å². The molecule has 0 fully saturated rings. The van der Waals surface area contributed by atoms with Crippen LogP contribution in [0.15, 0.2) is 12.3 Å². The van der Waals surface area contributed by atoms with Gasteiger partial charge in [0.05, 0.1) is 6.67 Å². The van der Waals surface area contributed by atoms with Crippen LogP contribution in [0.1, 0.15) is 0 Å². The third kappa shape index (κ3) is 1.35. The van der Waals surface area contributed by atoms with Crippen LogP contribution in [0.4, 0.5) is 0 Å². The molecule has 1 rings (SSSR count). The second kappa shape index (κ2) is 2.89. The Balaban J connectivity index is 2.32. The standard InChI is InChI=1S/C5H10N2Si/c1-8-7-4-2-3-6-5-7/h2,4,6H,3,5H2,1H3. The van der Waals surface area contributed by atoms with Gasteiger partial charge >= 0.3 is 0 Å². The molecule has 0 spiro atoms. The van der Waals surface area contributed by atoms with E-state index in [1.54, 1.807) is 0 Å². The number of nitrogens with zero attached hydrogens (tertiary/aromatic N) is 1. The summed E-state index contributed by atoms with van der Waals surface area (Å²) in [5.74, 6) is 0. The fourth-order valence-corrected chi connectivity index (χ4v) is 1.18. The van der Waals surface area contributed by atoms with Crippen molar-refractivity contribution in [3.05, 3.63) is 12.3 Å². The normalized spacial score (nSPS) is 19.4. The lowest BCUT2D eigenvalue weighted by Gasteiger charge is -2.21. The lowest BCUT2D eigenvalue weighted by Crippen LogP contribution is -2.35. The molecule has 0 unspecified atom stereocenters. The van der Waals surface area contributed by atoms with Gasteiger partial charge in [-0.25, -0.2) is 0 Å². The van der Waals surface area contributed by atoms with Gasteiger partial charge in [0.25, 0.3) is 0 Å². The SMILES string of the molecule is C[Si]N1C=CCNC1. The summed E-state index contributed by atoms with van der Waals surface area (Å²) in [4.78, 5) is 0. The highest BCUT2D eigenvalue weighted by molar-refractivity contribution is 6.30. The van der Waals surface area contributed by atoms with E-state index in [4.69, 9.17) is 0 Å². The summed E-state index contributed by atoms with van der Waals surface area (Å²) in [6.07, 6.45) is 4.29. The van der Waals surface area contributed by atoms with Crippen LogP contribution in [0.3, 0.4) is 0 Å². The molecule has 2 nitrogen and oxygen atoms in total. The molecule has 2 radical (unpaired) electrons. The molecule has 1 heterocycles. The summed E-state index contributed by atoms with van der Waals surface area (Å²) in [6.45, 7) is 4.23. The summed E-state index contributed by atoms with van der Waals surface area (Å²) < 4.78 is 2.25. The van der Waals surface area contributed by atoms with Gasteiger partial charge in [0.2, 0.25) is 0 Å². The molecular formula is C5H10N2Si. The monoisotopic (exact) mass is 126 g/mol. The van der Waals surface area contributed by atoms with Crippen molar-refractivity contribution in [2.75, 3.05) is 13.2 Å². The van der Waals surface area contributed by atoms with Crippen LogP contribution in [-0.2, 0) is 0 Å². The Kier molecular flexibility index (Phi) is 2.11. The predicted octanol–water partition coefficient (Wildman–Crippen LogP) is 0.0301. The zero-order valence-corrected chi connectivity index (χ0v) is 6.02. The van der Waals surface area contributed by atoms with E-state index in [-0.39, 0.29) is 0 Å². The molecule has 1 aliphatic heterocycles. The molecule has 44 valence electrons. The summed E-state index contributed by atoms with van der Waals surface area (Å²) >= 11 is 0. The quantitative estimate of drug-likeness (QED) is 0.499. The lowest BCUT2D eigenvalue weighted by atomic mass is 10.5. The average molecular weight is 126 g/mol. The van der Waals surface area contributed by atoms with Crippen molar-refractivity contribution in [3.63, 3.8) is 0 Å². The highest BCUT2D eigenvalue weighted by Gasteiger charge is 1.97. The molecule has 0 saturated heterocycles. The molecular weight excluding hydrogens is 116 g/mol. The first-order valence-electron chi connectivity index (χ1n) is 2.75. The smallest absolute Gasteiger partial charge is 0.178 e. The van der Waals surface area contributed by atoms with Gasteiger partial charge in [-0.1, -0.05) is 12.6 Å². The number of rotatable bonds is 1. The molecule has 0 bridgehead atoms. The van der Waals surface area contributed by atoms with E-state index < -0.39 is 0 Å². The third-order valence-corrected chi connectivity index (χ3v) is 2.00. The van der Waals surface area contributed by atoms with Crippen LogP contribution < -0.4 is 5.32 Å². The zero-order valence-electron chi connectivity index (χ0n) is 5.02. The minimum atomic E-state index is 0.891. The van der Waals surface area contributed by atoms with Crippen molar-refractivity contribution in [1.82, 2.24) is 9.88 Å². The van der Waals surface area contributed by atoms with Crippen molar-refractivity contribution >= 4 is 9.68 Å². The Morgan fingerprint density at radius 1 is 1.75 bits per heavy atom. The van der Waals surface area contributed by atoms with Crippen LogP contribution in [0.25, 0.3) is 0 Å². The van der Waals surface area contributed by atoms with Gasteiger partial charge in [0.1, 0.15) is 0 Å². The number of nitrogens with one attached hydrogen (secondary N) is 1. The largest absolute Gasteiger partial charge is 0.392 e. The lowest BCUT2D eigenvalue weighted by molar-refractivity contribution is 0.499. The van der Waals surface area contributed by atoms with Gasteiger partial charge in [-0.2, -0.15) is 0 Å². The van der Waals surface area contributed by atoms with Crippen LogP contribution in [0, 0.1) is 0 Å². The molecule has 0 amide bonds. The van der Waals surface area contributed by atoms with Gasteiger partial charge in [-0.05, 0) is 6.20 Å². The van der Waals surface area contributed by atoms with E-state index in [0.717, 1.165) is 22.9 Å². The minimum absolute atomic E-state index is 0.891. The summed E-state index contributed by atoms with van der Waals surface area (Å²) in [5.41, 5.74) is 0. The van der Waals surface area contributed by atoms with Gasteiger partial charge in [0, 0.05) is 6.54 Å². The van der Waals surface area contributed by atoms with Crippen LogP contribution in [-0.4, -0.2) is 27.5 Å². The fourth-order valence-electron chi connectivity index (χ4n) is 0.655. The second-order valence-electron chi connectivity index (χ2n) is 1.69. The van der Waals surface area contributed by atoms with Crippen LogP contribution in [0.2, 0.25) is 6.55 Å². The molecule has 0 aromatic rings. The molecule has 1 N–H and O–H groups in total. The number of hydrogen-bond acceptors (Lipinski definition) is 2. The molecule has 0 aromatic heterocycles. The second-order valence-corrected chi connectivity index (χ2v) is 2.71. The van der Waals surface area contributed by atoms with Gasteiger partial charge in [-0.15, -0.1) is 0 Å². The third-order valence-electron chi connectivity index (χ3n) is 1.12. The summed E-state index contributed by atoms with van der Waals surface area (Å²) in [5, 5.41) is 3.23. The van der Waals surface area contributed by atoms with E-state index in [9.17, 15) is 0 Å². The van der Waals surface area contributed by atoms with Crippen molar-refractivity contribution in [2.45, 2.75) is 6.55 Å². The molecule has 1 aliphatic rings. The Labute approximate surface area is 52.5 Å². The highest BCUT2D eigenvalue weighted by atomic mass is 28.2. The van der Waals surface area contributed by atoms with Crippen molar-refractivity contribution in [3.8, 4) is 0 Å². The fraction of sp³-hybridized carbons (Fsp3) is 0.600. The van der Waals surface area contributed by atoms with E-state index >= 15 is 0 Å². The zero-order chi connectivity index (χ0) is 5.82. The first kappa shape index (κ1) is 5.85. The minimum Gasteiger partial charge on any atom is -0.392 e. The highest BCUT2D eigenvalue weighted by Crippen LogP contribution is 1.88. The van der Waals surface area contributed by atoms with Gasteiger partial charge in [0.15, 0.2) is 9.68 Å². The molecule has 8 heavy (non-hydrogen) atoms. The molecule has 0 aliphatic carbocycles. The Morgan fingerprint density at radius 2 is 2.62 bits per heavy atom. The predicted molar refractivity (Wildman–Crippen MR) is 35.5 cm³/mol. The Morgan fingerprint density at radius 3 is 3.00 bits per heavy atom.